The van der Waals surface area contributed by atoms with Gasteiger partial charge in [-0.3, -0.25) is 14.5 Å². The summed E-state index contributed by atoms with van der Waals surface area (Å²) in [6.07, 6.45) is 0. The van der Waals surface area contributed by atoms with Gasteiger partial charge in [0, 0.05) is 13.1 Å². The molecule has 0 unspecified atom stereocenters. The summed E-state index contributed by atoms with van der Waals surface area (Å²) in [6, 6.07) is 14.0. The standard InChI is InChI=1S/C18H18N2O4S/c1-13-6-8-14(9-7-13)12-19-25(23,24)11-10-20-17(21)15-4-2-3-5-16(15)18(20)22/h2-9,19H,10-12H2,1H3. The fourth-order valence-corrected chi connectivity index (χ4v) is 3.58. The molecule has 0 fully saturated rings. The van der Waals surface area contributed by atoms with Crippen LogP contribution in [0.15, 0.2) is 48.5 Å². The molecule has 0 aromatic heterocycles. The van der Waals surface area contributed by atoms with E-state index in [1.54, 1.807) is 24.3 Å². The van der Waals surface area contributed by atoms with Gasteiger partial charge in [0.1, 0.15) is 0 Å². The van der Waals surface area contributed by atoms with Gasteiger partial charge in [0.25, 0.3) is 11.8 Å². The fourth-order valence-electron chi connectivity index (χ4n) is 2.63. The van der Waals surface area contributed by atoms with Gasteiger partial charge in [-0.15, -0.1) is 0 Å². The van der Waals surface area contributed by atoms with E-state index in [1.807, 2.05) is 31.2 Å². The number of rotatable bonds is 6. The van der Waals surface area contributed by atoms with E-state index in [0.29, 0.717) is 11.1 Å². The molecule has 1 N–H and O–H groups in total. The normalized spacial score (nSPS) is 14.0. The molecule has 1 aliphatic heterocycles. The summed E-state index contributed by atoms with van der Waals surface area (Å²) in [4.78, 5) is 25.4. The molecule has 7 heteroatoms. The van der Waals surface area contributed by atoms with Crippen molar-refractivity contribution in [1.82, 2.24) is 9.62 Å². The molecule has 2 aromatic rings. The quantitative estimate of drug-likeness (QED) is 0.797. The third-order valence-corrected chi connectivity index (χ3v) is 5.38. The summed E-state index contributed by atoms with van der Waals surface area (Å²) in [5.74, 6) is -1.23. The molecule has 0 radical (unpaired) electrons. The van der Waals surface area contributed by atoms with Gasteiger partial charge in [-0.1, -0.05) is 42.0 Å². The zero-order valence-corrected chi connectivity index (χ0v) is 14.5. The molecular formula is C18H18N2O4S. The van der Waals surface area contributed by atoms with Crippen molar-refractivity contribution in [2.45, 2.75) is 13.5 Å². The Morgan fingerprint density at radius 1 is 0.920 bits per heavy atom. The third-order valence-electron chi connectivity index (χ3n) is 4.08. The van der Waals surface area contributed by atoms with Crippen molar-refractivity contribution >= 4 is 21.8 Å². The summed E-state index contributed by atoms with van der Waals surface area (Å²) >= 11 is 0. The minimum atomic E-state index is -3.61. The topological polar surface area (TPSA) is 83.6 Å². The Kier molecular flexibility index (Phi) is 4.69. The highest BCUT2D eigenvalue weighted by Crippen LogP contribution is 2.22. The summed E-state index contributed by atoms with van der Waals surface area (Å²) < 4.78 is 26.8. The van der Waals surface area contributed by atoms with Crippen LogP contribution in [0.2, 0.25) is 0 Å². The number of carbonyl (C=O) groups excluding carboxylic acids is 2. The van der Waals surface area contributed by atoms with Crippen LogP contribution in [0.4, 0.5) is 0 Å². The van der Waals surface area contributed by atoms with Gasteiger partial charge in [0.15, 0.2) is 0 Å². The maximum absolute atomic E-state index is 12.2. The number of fused-ring (bicyclic) bond motifs is 1. The van der Waals surface area contributed by atoms with Gasteiger partial charge >= 0.3 is 0 Å². The highest BCUT2D eigenvalue weighted by Gasteiger charge is 2.35. The Morgan fingerprint density at radius 3 is 2.04 bits per heavy atom. The number of hydrogen-bond donors (Lipinski definition) is 1. The van der Waals surface area contributed by atoms with E-state index in [-0.39, 0.29) is 18.8 Å². The summed E-state index contributed by atoms with van der Waals surface area (Å²) in [5, 5.41) is 0. The summed E-state index contributed by atoms with van der Waals surface area (Å²) in [5.41, 5.74) is 2.57. The summed E-state index contributed by atoms with van der Waals surface area (Å²) in [6.45, 7) is 1.95. The van der Waals surface area contributed by atoms with Crippen LogP contribution in [-0.2, 0) is 16.6 Å². The van der Waals surface area contributed by atoms with Gasteiger partial charge < -0.3 is 0 Å². The van der Waals surface area contributed by atoms with Crippen molar-refractivity contribution < 1.29 is 18.0 Å². The first-order valence-electron chi connectivity index (χ1n) is 7.85. The molecule has 3 rings (SSSR count). The molecule has 0 saturated heterocycles. The lowest BCUT2D eigenvalue weighted by molar-refractivity contribution is 0.0664. The minimum Gasteiger partial charge on any atom is -0.273 e. The number of sulfonamides is 1. The molecule has 0 atom stereocenters. The average Bonchev–Trinajstić information content (AvgIpc) is 2.84. The monoisotopic (exact) mass is 358 g/mol. The van der Waals surface area contributed by atoms with E-state index in [9.17, 15) is 18.0 Å². The maximum Gasteiger partial charge on any atom is 0.261 e. The predicted octanol–water partition coefficient (Wildman–Crippen LogP) is 1.71. The number of nitrogens with one attached hydrogen (secondary N) is 1. The van der Waals surface area contributed by atoms with Gasteiger partial charge in [-0.05, 0) is 24.6 Å². The van der Waals surface area contributed by atoms with Gasteiger partial charge in [0.05, 0.1) is 16.9 Å². The van der Waals surface area contributed by atoms with Gasteiger partial charge in [-0.25, -0.2) is 13.1 Å². The Morgan fingerprint density at radius 2 is 1.48 bits per heavy atom. The Hall–Kier alpha value is -2.51. The largest absolute Gasteiger partial charge is 0.273 e. The molecule has 25 heavy (non-hydrogen) atoms. The van der Waals surface area contributed by atoms with Crippen LogP contribution < -0.4 is 4.72 Å². The van der Waals surface area contributed by atoms with Crippen LogP contribution in [0.25, 0.3) is 0 Å². The second-order valence-electron chi connectivity index (χ2n) is 5.93. The number of aryl methyl sites for hydroxylation is 1. The van der Waals surface area contributed by atoms with Gasteiger partial charge in [-0.2, -0.15) is 0 Å². The zero-order chi connectivity index (χ0) is 18.0. The maximum atomic E-state index is 12.2. The number of amides is 2. The molecule has 0 aliphatic carbocycles. The molecule has 0 spiro atoms. The molecule has 1 heterocycles. The first-order chi connectivity index (χ1) is 11.9. The van der Waals surface area contributed by atoms with Crippen molar-refractivity contribution in [1.29, 1.82) is 0 Å². The summed E-state index contributed by atoms with van der Waals surface area (Å²) in [7, 11) is -3.61. The van der Waals surface area contributed by atoms with Crippen LogP contribution in [0.3, 0.4) is 0 Å². The number of imide groups is 1. The highest BCUT2D eigenvalue weighted by atomic mass is 32.2. The van der Waals surface area contributed by atoms with Crippen LogP contribution in [-0.4, -0.2) is 37.4 Å². The van der Waals surface area contributed by atoms with E-state index < -0.39 is 21.8 Å². The van der Waals surface area contributed by atoms with Crippen LogP contribution in [0, 0.1) is 6.92 Å². The zero-order valence-electron chi connectivity index (χ0n) is 13.7. The lowest BCUT2D eigenvalue weighted by Gasteiger charge is -2.14. The molecule has 0 saturated carbocycles. The Labute approximate surface area is 146 Å². The van der Waals surface area contributed by atoms with E-state index in [0.717, 1.165) is 16.0 Å². The Balaban J connectivity index is 1.60. The van der Waals surface area contributed by atoms with Crippen molar-refractivity contribution in [3.05, 3.63) is 70.8 Å². The van der Waals surface area contributed by atoms with E-state index in [1.165, 1.54) is 0 Å². The average molecular weight is 358 g/mol. The first-order valence-corrected chi connectivity index (χ1v) is 9.51. The van der Waals surface area contributed by atoms with Crippen LogP contribution >= 0.6 is 0 Å². The van der Waals surface area contributed by atoms with Crippen LogP contribution in [0.5, 0.6) is 0 Å². The second kappa shape index (κ2) is 6.78. The number of hydrogen-bond acceptors (Lipinski definition) is 4. The predicted molar refractivity (Wildman–Crippen MR) is 93.6 cm³/mol. The number of nitrogens with zero attached hydrogens (tertiary/aromatic N) is 1. The second-order valence-corrected chi connectivity index (χ2v) is 7.86. The lowest BCUT2D eigenvalue weighted by Crippen LogP contribution is -2.37. The highest BCUT2D eigenvalue weighted by molar-refractivity contribution is 7.89. The molecule has 1 aliphatic rings. The van der Waals surface area contributed by atoms with E-state index in [4.69, 9.17) is 0 Å². The molecule has 130 valence electrons. The SMILES string of the molecule is Cc1ccc(CNS(=O)(=O)CCN2C(=O)c3ccccc3C2=O)cc1. The fraction of sp³-hybridized carbons (Fsp3) is 0.222. The molecule has 6 nitrogen and oxygen atoms in total. The van der Waals surface area contributed by atoms with Crippen molar-refractivity contribution in [2.75, 3.05) is 12.3 Å². The first kappa shape index (κ1) is 17.3. The van der Waals surface area contributed by atoms with Crippen molar-refractivity contribution in [3.8, 4) is 0 Å². The Bertz CT molecular complexity index is 885. The number of carbonyl (C=O) groups is 2. The van der Waals surface area contributed by atoms with Crippen LogP contribution in [0.1, 0.15) is 31.8 Å². The lowest BCUT2D eigenvalue weighted by atomic mass is 10.1. The smallest absolute Gasteiger partial charge is 0.261 e. The molecule has 2 aromatic carbocycles. The van der Waals surface area contributed by atoms with Crippen molar-refractivity contribution in [2.24, 2.45) is 0 Å². The van der Waals surface area contributed by atoms with Gasteiger partial charge in [0.2, 0.25) is 10.0 Å². The van der Waals surface area contributed by atoms with E-state index >= 15 is 0 Å². The molecular weight excluding hydrogens is 340 g/mol. The third kappa shape index (κ3) is 3.78. The minimum absolute atomic E-state index is 0.171. The number of benzene rings is 2. The molecule has 2 amide bonds. The van der Waals surface area contributed by atoms with Crippen molar-refractivity contribution in [3.63, 3.8) is 0 Å². The van der Waals surface area contributed by atoms with E-state index in [2.05, 4.69) is 4.72 Å². The molecule has 0 bridgehead atoms.